The van der Waals surface area contributed by atoms with Crippen LogP contribution >= 0.6 is 0 Å². The van der Waals surface area contributed by atoms with Crippen molar-refractivity contribution in [3.05, 3.63) is 24.3 Å². The highest BCUT2D eigenvalue weighted by Crippen LogP contribution is 2.62. The van der Waals surface area contributed by atoms with Crippen LogP contribution in [-0.4, -0.2) is 22.4 Å². The second-order valence-electron chi connectivity index (χ2n) is 5.22. The van der Waals surface area contributed by atoms with Gasteiger partial charge in [0.2, 0.25) is 0 Å². The first-order valence-corrected chi connectivity index (χ1v) is 5.52. The third kappa shape index (κ3) is 0.598. The fraction of sp³-hybridized carbons (Fsp3) is 0.667. The van der Waals surface area contributed by atoms with Crippen LogP contribution in [0.5, 0.6) is 0 Å². The molecule has 0 bridgehead atoms. The van der Waals surface area contributed by atoms with Gasteiger partial charge in [0, 0.05) is 23.7 Å². The molecule has 4 aliphatic carbocycles. The molecule has 4 atom stereocenters. The Morgan fingerprint density at radius 1 is 0.571 bits per heavy atom. The van der Waals surface area contributed by atoms with Gasteiger partial charge in [-0.3, -0.25) is 0 Å². The lowest BCUT2D eigenvalue weighted by molar-refractivity contribution is 0.0776. The van der Waals surface area contributed by atoms with Crippen LogP contribution in [0.4, 0.5) is 0 Å². The van der Waals surface area contributed by atoms with E-state index < -0.39 is 0 Å². The summed E-state index contributed by atoms with van der Waals surface area (Å²) < 4.78 is 0. The summed E-state index contributed by atoms with van der Waals surface area (Å²) in [7, 11) is 0. The molecule has 0 aromatic carbocycles. The average Bonchev–Trinajstić information content (AvgIpc) is 2.83. The molecule has 2 fully saturated rings. The van der Waals surface area contributed by atoms with Gasteiger partial charge in [0.15, 0.2) is 0 Å². The molecule has 2 N–H and O–H groups in total. The molecule has 0 aliphatic heterocycles. The molecule has 4 aliphatic rings. The largest absolute Gasteiger partial charge is 0.392 e. The number of rotatable bonds is 0. The molecule has 0 heterocycles. The number of aliphatic hydroxyl groups excluding tert-OH is 2. The Morgan fingerprint density at radius 3 is 1.14 bits per heavy atom. The molecule has 4 unspecified atom stereocenters. The van der Waals surface area contributed by atoms with Crippen molar-refractivity contribution in [1.29, 1.82) is 0 Å². The number of hydrogen-bond acceptors (Lipinski definition) is 2. The molecule has 2 heteroatoms. The van der Waals surface area contributed by atoms with Crippen molar-refractivity contribution in [1.82, 2.24) is 0 Å². The first kappa shape index (κ1) is 7.66. The van der Waals surface area contributed by atoms with Gasteiger partial charge in [-0.15, -0.1) is 0 Å². The lowest BCUT2D eigenvalue weighted by atomic mass is 9.88. The molecule has 2 saturated carbocycles. The van der Waals surface area contributed by atoms with Gasteiger partial charge in [0.25, 0.3) is 0 Å². The number of hydrogen-bond donors (Lipinski definition) is 2. The lowest BCUT2D eigenvalue weighted by Gasteiger charge is -2.17. The Morgan fingerprint density at radius 2 is 0.857 bits per heavy atom. The monoisotopic (exact) mass is 190 g/mol. The molecule has 0 amide bonds. The van der Waals surface area contributed by atoms with E-state index in [0.29, 0.717) is 35.5 Å². The van der Waals surface area contributed by atoms with E-state index in [-0.39, 0.29) is 12.2 Å². The molecular formula is C12H14O2. The smallest absolute Gasteiger partial charge is 0.0671 e. The lowest BCUT2D eigenvalue weighted by Crippen LogP contribution is -2.24. The van der Waals surface area contributed by atoms with E-state index in [1.165, 1.54) is 0 Å². The van der Waals surface area contributed by atoms with E-state index in [1.54, 1.807) is 0 Å². The van der Waals surface area contributed by atoms with Gasteiger partial charge < -0.3 is 10.2 Å². The van der Waals surface area contributed by atoms with Crippen molar-refractivity contribution in [3.8, 4) is 0 Å². The van der Waals surface area contributed by atoms with Crippen molar-refractivity contribution in [2.24, 2.45) is 35.5 Å². The zero-order valence-electron chi connectivity index (χ0n) is 7.82. The average molecular weight is 190 g/mol. The molecule has 4 rings (SSSR count). The highest BCUT2D eigenvalue weighted by Gasteiger charge is 2.63. The predicted molar refractivity (Wildman–Crippen MR) is 51.2 cm³/mol. The van der Waals surface area contributed by atoms with Gasteiger partial charge in [0.05, 0.1) is 12.2 Å². The Kier molecular flexibility index (Phi) is 1.17. The molecule has 74 valence electrons. The van der Waals surface area contributed by atoms with Crippen molar-refractivity contribution in [2.75, 3.05) is 0 Å². The van der Waals surface area contributed by atoms with Crippen LogP contribution in [0, 0.1) is 35.5 Å². The van der Waals surface area contributed by atoms with Crippen molar-refractivity contribution >= 4 is 0 Å². The first-order chi connectivity index (χ1) is 6.79. The first-order valence-electron chi connectivity index (χ1n) is 5.52. The van der Waals surface area contributed by atoms with E-state index in [9.17, 15) is 10.2 Å². The number of aliphatic hydroxyl groups is 2. The van der Waals surface area contributed by atoms with Crippen molar-refractivity contribution in [3.63, 3.8) is 0 Å². The minimum Gasteiger partial charge on any atom is -0.392 e. The maximum Gasteiger partial charge on any atom is 0.0671 e. The fourth-order valence-corrected chi connectivity index (χ4v) is 4.45. The van der Waals surface area contributed by atoms with Crippen LogP contribution in [-0.2, 0) is 0 Å². The topological polar surface area (TPSA) is 40.5 Å². The van der Waals surface area contributed by atoms with E-state index >= 15 is 0 Å². The maximum absolute atomic E-state index is 10.1. The molecule has 0 aromatic rings. The predicted octanol–water partition coefficient (Wildman–Crippen LogP) is 0.572. The van der Waals surface area contributed by atoms with Crippen LogP contribution in [0.15, 0.2) is 24.3 Å². The van der Waals surface area contributed by atoms with E-state index in [1.807, 2.05) is 0 Å². The van der Waals surface area contributed by atoms with Gasteiger partial charge in [0.1, 0.15) is 0 Å². The van der Waals surface area contributed by atoms with Crippen LogP contribution in [0.2, 0.25) is 0 Å². The summed E-state index contributed by atoms with van der Waals surface area (Å²) in [4.78, 5) is 0. The van der Waals surface area contributed by atoms with Crippen molar-refractivity contribution < 1.29 is 10.2 Å². The maximum atomic E-state index is 10.1. The summed E-state index contributed by atoms with van der Waals surface area (Å²) in [5.74, 6) is 2.31. The van der Waals surface area contributed by atoms with Gasteiger partial charge in [-0.2, -0.15) is 0 Å². The molecule has 0 spiro atoms. The van der Waals surface area contributed by atoms with Crippen LogP contribution in [0.25, 0.3) is 0 Å². The molecule has 0 radical (unpaired) electrons. The molecule has 2 nitrogen and oxygen atoms in total. The van der Waals surface area contributed by atoms with Crippen LogP contribution in [0.3, 0.4) is 0 Å². The Balaban J connectivity index is 1.88. The zero-order chi connectivity index (χ0) is 9.45. The third-order valence-corrected chi connectivity index (χ3v) is 4.91. The minimum atomic E-state index is -0.194. The minimum absolute atomic E-state index is 0.194. The summed E-state index contributed by atoms with van der Waals surface area (Å²) in [6.45, 7) is 0. The standard InChI is InChI=1S/C12H14O2/c13-11-5-1-2-6-9(5)10-7(11)3-4-8(10)12(6)14/h1-14H. The summed E-state index contributed by atoms with van der Waals surface area (Å²) in [6, 6.07) is 0. The third-order valence-electron chi connectivity index (χ3n) is 4.91. The highest BCUT2D eigenvalue weighted by atomic mass is 16.3. The molecule has 0 aromatic heterocycles. The zero-order valence-corrected chi connectivity index (χ0v) is 7.82. The SMILES string of the molecule is OC1C2C=CC3C(O)C4C=CC1C4C23. The second kappa shape index (κ2) is 2.15. The molecule has 14 heavy (non-hydrogen) atoms. The van der Waals surface area contributed by atoms with Gasteiger partial charge >= 0.3 is 0 Å². The van der Waals surface area contributed by atoms with E-state index in [0.717, 1.165) is 0 Å². The van der Waals surface area contributed by atoms with Gasteiger partial charge in [-0.25, -0.2) is 0 Å². The summed E-state index contributed by atoms with van der Waals surface area (Å²) in [5, 5.41) is 20.2. The summed E-state index contributed by atoms with van der Waals surface area (Å²) in [6.07, 6.45) is 8.13. The molecular weight excluding hydrogens is 176 g/mol. The van der Waals surface area contributed by atoms with E-state index in [2.05, 4.69) is 24.3 Å². The fourth-order valence-electron chi connectivity index (χ4n) is 4.45. The Hall–Kier alpha value is -0.600. The Labute approximate surface area is 82.9 Å². The quantitative estimate of drug-likeness (QED) is 0.548. The highest BCUT2D eigenvalue weighted by molar-refractivity contribution is 5.30. The van der Waals surface area contributed by atoms with Crippen LogP contribution < -0.4 is 0 Å². The summed E-state index contributed by atoms with van der Waals surface area (Å²) in [5.41, 5.74) is 0. The van der Waals surface area contributed by atoms with E-state index in [4.69, 9.17) is 0 Å². The van der Waals surface area contributed by atoms with Crippen LogP contribution in [0.1, 0.15) is 0 Å². The second-order valence-corrected chi connectivity index (χ2v) is 5.22. The van der Waals surface area contributed by atoms with Gasteiger partial charge in [-0.05, 0) is 11.8 Å². The van der Waals surface area contributed by atoms with Gasteiger partial charge in [-0.1, -0.05) is 24.3 Å². The summed E-state index contributed by atoms with van der Waals surface area (Å²) >= 11 is 0. The molecule has 0 saturated heterocycles. The normalized spacial score (nSPS) is 66.7. The van der Waals surface area contributed by atoms with Crippen molar-refractivity contribution in [2.45, 2.75) is 12.2 Å². The Bertz CT molecular complexity index is 284.